The van der Waals surface area contributed by atoms with E-state index >= 15 is 0 Å². The summed E-state index contributed by atoms with van der Waals surface area (Å²) in [6.45, 7) is 0. The van der Waals surface area contributed by atoms with Crippen LogP contribution in [0.1, 0.15) is 11.1 Å². The molecule has 0 saturated heterocycles. The first kappa shape index (κ1) is 23.2. The first-order valence-electron chi connectivity index (χ1n) is 12.3. The normalized spacial score (nSPS) is 13.9. The van der Waals surface area contributed by atoms with Crippen LogP contribution in [0.2, 0.25) is 0 Å². The van der Waals surface area contributed by atoms with Crippen molar-refractivity contribution in [2.45, 2.75) is 12.3 Å². The minimum absolute atomic E-state index is 0. The van der Waals surface area contributed by atoms with Crippen molar-refractivity contribution < 1.29 is 17.0 Å². The molecular weight excluding hydrogens is 519 g/mol. The lowest BCUT2D eigenvalue weighted by molar-refractivity contribution is -0.00000662. The van der Waals surface area contributed by atoms with Crippen molar-refractivity contribution >= 4 is 39.4 Å². The predicted octanol–water partition coefficient (Wildman–Crippen LogP) is 5.35. The van der Waals surface area contributed by atoms with E-state index in [1.807, 2.05) is 0 Å². The van der Waals surface area contributed by atoms with Crippen LogP contribution in [0.4, 0.5) is 0 Å². The van der Waals surface area contributed by atoms with Crippen molar-refractivity contribution in [3.8, 4) is 11.1 Å². The Morgan fingerprint density at radius 1 is 0.389 bits per heavy atom. The molecule has 0 bridgehead atoms. The standard InChI is InChI=1S/C34H26P.BrH/c1-3-13-29(14-4-1)35(30-15-5-2-6-16-30)23-27-21-19-25-11-7-9-17-31(25)33(27)34-28(24-35)22-20-26-12-8-10-18-32(26)34;/h1-22H,23-24H2;1H/q+1;/p-1. The minimum atomic E-state index is -1.76. The molecule has 1 heterocycles. The van der Waals surface area contributed by atoms with Crippen LogP contribution in [0.15, 0.2) is 133 Å². The van der Waals surface area contributed by atoms with Crippen LogP contribution in [-0.4, -0.2) is 0 Å². The van der Waals surface area contributed by atoms with Crippen molar-refractivity contribution in [3.05, 3.63) is 145 Å². The summed E-state index contributed by atoms with van der Waals surface area (Å²) in [5.41, 5.74) is 5.81. The highest BCUT2D eigenvalue weighted by atomic mass is 79.9. The smallest absolute Gasteiger partial charge is 0.0999 e. The lowest BCUT2D eigenvalue weighted by atomic mass is 9.88. The molecule has 0 amide bonds. The molecule has 6 aromatic rings. The fraction of sp³-hybridized carbons (Fsp3) is 0.0588. The summed E-state index contributed by atoms with van der Waals surface area (Å²) in [5.74, 6) is 0. The topological polar surface area (TPSA) is 0 Å². The van der Waals surface area contributed by atoms with E-state index in [9.17, 15) is 0 Å². The van der Waals surface area contributed by atoms with Gasteiger partial charge in [-0.2, -0.15) is 0 Å². The van der Waals surface area contributed by atoms with E-state index in [2.05, 4.69) is 133 Å². The number of rotatable bonds is 2. The molecule has 0 radical (unpaired) electrons. The molecular formula is C34H26BrP. The zero-order valence-corrected chi connectivity index (χ0v) is 22.4. The highest BCUT2D eigenvalue weighted by Gasteiger charge is 2.46. The van der Waals surface area contributed by atoms with Gasteiger partial charge >= 0.3 is 0 Å². The largest absolute Gasteiger partial charge is 1.00 e. The average molecular weight is 545 g/mol. The number of halogens is 1. The van der Waals surface area contributed by atoms with Gasteiger partial charge in [0, 0.05) is 0 Å². The molecule has 36 heavy (non-hydrogen) atoms. The zero-order valence-electron chi connectivity index (χ0n) is 19.9. The van der Waals surface area contributed by atoms with Gasteiger partial charge in [0.05, 0.1) is 30.2 Å². The Bertz CT molecular complexity index is 1560. The molecule has 0 N–H and O–H groups in total. The number of hydrogen-bond donors (Lipinski definition) is 0. The maximum absolute atomic E-state index is 2.41. The van der Waals surface area contributed by atoms with E-state index in [0.717, 1.165) is 12.3 Å². The third kappa shape index (κ3) is 3.62. The average Bonchev–Trinajstić information content (AvgIpc) is 3.10. The summed E-state index contributed by atoms with van der Waals surface area (Å²) >= 11 is 0. The fourth-order valence-corrected chi connectivity index (χ4v) is 10.4. The Labute approximate surface area is 223 Å². The zero-order chi connectivity index (χ0) is 23.2. The van der Waals surface area contributed by atoms with Gasteiger partial charge in [0.2, 0.25) is 0 Å². The third-order valence-corrected chi connectivity index (χ3v) is 12.0. The summed E-state index contributed by atoms with van der Waals surface area (Å²) in [4.78, 5) is 0. The van der Waals surface area contributed by atoms with Gasteiger partial charge in [0.1, 0.15) is 0 Å². The van der Waals surface area contributed by atoms with Crippen LogP contribution < -0.4 is 27.6 Å². The van der Waals surface area contributed by atoms with Crippen molar-refractivity contribution in [2.75, 3.05) is 0 Å². The summed E-state index contributed by atoms with van der Waals surface area (Å²) in [6, 6.07) is 49.9. The van der Waals surface area contributed by atoms with Crippen molar-refractivity contribution in [1.29, 1.82) is 0 Å². The highest BCUT2D eigenvalue weighted by molar-refractivity contribution is 7.88. The van der Waals surface area contributed by atoms with E-state index in [1.165, 1.54) is 54.4 Å². The Morgan fingerprint density at radius 3 is 1.22 bits per heavy atom. The SMILES string of the molecule is [Br-].c1ccc([P+]2(c3ccccc3)Cc3ccc4ccccc4c3-c3c(ccc4ccccc34)C2)cc1. The first-order chi connectivity index (χ1) is 17.3. The Hall–Kier alpha value is -3.25. The summed E-state index contributed by atoms with van der Waals surface area (Å²) in [5, 5.41) is 8.34. The van der Waals surface area contributed by atoms with Gasteiger partial charge in [0.15, 0.2) is 0 Å². The second-order valence-electron chi connectivity index (χ2n) is 9.60. The summed E-state index contributed by atoms with van der Waals surface area (Å²) in [6.07, 6.45) is 2.15. The molecule has 0 atom stereocenters. The predicted molar refractivity (Wildman–Crippen MR) is 153 cm³/mol. The molecule has 0 saturated carbocycles. The van der Waals surface area contributed by atoms with Gasteiger partial charge in [-0.05, 0) is 68.1 Å². The molecule has 2 heteroatoms. The lowest BCUT2D eigenvalue weighted by Crippen LogP contribution is -3.00. The van der Waals surface area contributed by atoms with Crippen molar-refractivity contribution in [3.63, 3.8) is 0 Å². The maximum Gasteiger partial charge on any atom is 0.0999 e. The second kappa shape index (κ2) is 9.32. The van der Waals surface area contributed by atoms with Gasteiger partial charge in [-0.25, -0.2) is 0 Å². The number of fused-ring (bicyclic) bond motifs is 7. The fourth-order valence-electron chi connectivity index (χ4n) is 6.07. The van der Waals surface area contributed by atoms with Gasteiger partial charge in [0.25, 0.3) is 0 Å². The second-order valence-corrected chi connectivity index (χ2v) is 13.2. The van der Waals surface area contributed by atoms with E-state index in [-0.39, 0.29) is 17.0 Å². The molecule has 7 rings (SSSR count). The molecule has 0 aliphatic carbocycles. The minimum Gasteiger partial charge on any atom is -1.00 e. The molecule has 0 aromatic heterocycles. The maximum atomic E-state index is 2.41. The van der Waals surface area contributed by atoms with Crippen LogP contribution in [0.5, 0.6) is 0 Å². The van der Waals surface area contributed by atoms with E-state index in [4.69, 9.17) is 0 Å². The van der Waals surface area contributed by atoms with Crippen molar-refractivity contribution in [1.82, 2.24) is 0 Å². The monoisotopic (exact) mass is 544 g/mol. The molecule has 0 unspecified atom stereocenters. The molecule has 174 valence electrons. The van der Waals surface area contributed by atoms with Gasteiger partial charge in [-0.1, -0.05) is 109 Å². The molecule has 1 aliphatic heterocycles. The van der Waals surface area contributed by atoms with Gasteiger partial charge in [-0.15, -0.1) is 0 Å². The number of benzene rings is 6. The summed E-state index contributed by atoms with van der Waals surface area (Å²) in [7, 11) is -1.76. The first-order valence-corrected chi connectivity index (χ1v) is 14.5. The van der Waals surface area contributed by atoms with Crippen LogP contribution in [0, 0.1) is 0 Å². The Morgan fingerprint density at radius 2 is 0.778 bits per heavy atom. The Kier molecular flexibility index (Phi) is 6.00. The van der Waals surface area contributed by atoms with Crippen LogP contribution >= 0.6 is 7.26 Å². The van der Waals surface area contributed by atoms with Gasteiger partial charge < -0.3 is 17.0 Å². The molecule has 0 nitrogen and oxygen atoms in total. The van der Waals surface area contributed by atoms with Gasteiger partial charge in [-0.3, -0.25) is 0 Å². The molecule has 6 aromatic carbocycles. The van der Waals surface area contributed by atoms with E-state index in [1.54, 1.807) is 0 Å². The van der Waals surface area contributed by atoms with E-state index < -0.39 is 7.26 Å². The van der Waals surface area contributed by atoms with Crippen LogP contribution in [-0.2, 0) is 12.3 Å². The molecule has 1 aliphatic rings. The van der Waals surface area contributed by atoms with Crippen LogP contribution in [0.25, 0.3) is 32.7 Å². The quantitative estimate of drug-likeness (QED) is 0.258. The summed E-state index contributed by atoms with van der Waals surface area (Å²) < 4.78 is 0. The Balaban J connectivity index is 0.00000240. The van der Waals surface area contributed by atoms with E-state index in [0.29, 0.717) is 0 Å². The van der Waals surface area contributed by atoms with Crippen molar-refractivity contribution in [2.24, 2.45) is 0 Å². The molecule has 0 spiro atoms. The highest BCUT2D eigenvalue weighted by Crippen LogP contribution is 2.65. The third-order valence-electron chi connectivity index (χ3n) is 7.66. The number of hydrogen-bond acceptors (Lipinski definition) is 0. The molecule has 0 fully saturated rings. The lowest BCUT2D eigenvalue weighted by Gasteiger charge is -2.27. The van der Waals surface area contributed by atoms with Crippen LogP contribution in [0.3, 0.4) is 0 Å².